The number of carboxylic acid groups (broad SMARTS) is 1. The standard InChI is InChI=1S/C23H23NO3S/c24-21(23(25)26)16-28-22(18-10-5-2-6-11-18)19-12-7-13-20(14-19)27-15-17-8-3-1-4-9-17/h1-14,21-22H,15-16,24H2,(H,25,26). The number of ether oxygens (including phenoxy) is 1. The highest BCUT2D eigenvalue weighted by molar-refractivity contribution is 7.99. The van der Waals surface area contributed by atoms with Crippen molar-refractivity contribution in [3.8, 4) is 5.75 Å². The summed E-state index contributed by atoms with van der Waals surface area (Å²) in [5.41, 5.74) is 8.98. The molecule has 0 aliphatic heterocycles. The minimum atomic E-state index is -0.987. The number of hydrogen-bond acceptors (Lipinski definition) is 4. The summed E-state index contributed by atoms with van der Waals surface area (Å²) >= 11 is 1.53. The highest BCUT2D eigenvalue weighted by Gasteiger charge is 2.19. The summed E-state index contributed by atoms with van der Waals surface area (Å²) in [6.45, 7) is 0.497. The van der Waals surface area contributed by atoms with Gasteiger partial charge < -0.3 is 15.6 Å². The quantitative estimate of drug-likeness (QED) is 0.560. The summed E-state index contributed by atoms with van der Waals surface area (Å²) < 4.78 is 5.95. The summed E-state index contributed by atoms with van der Waals surface area (Å²) in [5.74, 6) is 0.119. The Morgan fingerprint density at radius 3 is 2.25 bits per heavy atom. The summed E-state index contributed by atoms with van der Waals surface area (Å²) in [6.07, 6.45) is 0. The Labute approximate surface area is 169 Å². The highest BCUT2D eigenvalue weighted by Crippen LogP contribution is 2.37. The van der Waals surface area contributed by atoms with E-state index < -0.39 is 12.0 Å². The van der Waals surface area contributed by atoms with Gasteiger partial charge in [-0.3, -0.25) is 4.79 Å². The largest absolute Gasteiger partial charge is 0.489 e. The molecule has 0 saturated carbocycles. The van der Waals surface area contributed by atoms with Crippen LogP contribution < -0.4 is 10.5 Å². The van der Waals surface area contributed by atoms with Gasteiger partial charge in [-0.2, -0.15) is 0 Å². The van der Waals surface area contributed by atoms with Crippen LogP contribution in [0.25, 0.3) is 0 Å². The molecule has 0 bridgehead atoms. The fraction of sp³-hybridized carbons (Fsp3) is 0.174. The summed E-state index contributed by atoms with van der Waals surface area (Å²) in [6, 6.07) is 27.1. The van der Waals surface area contributed by atoms with Gasteiger partial charge in [0, 0.05) is 5.75 Å². The minimum Gasteiger partial charge on any atom is -0.489 e. The van der Waals surface area contributed by atoms with Gasteiger partial charge in [-0.15, -0.1) is 11.8 Å². The monoisotopic (exact) mass is 393 g/mol. The van der Waals surface area contributed by atoms with Crippen molar-refractivity contribution in [1.29, 1.82) is 0 Å². The fourth-order valence-electron chi connectivity index (χ4n) is 2.79. The number of carbonyl (C=O) groups is 1. The fourth-order valence-corrected chi connectivity index (χ4v) is 4.02. The van der Waals surface area contributed by atoms with Gasteiger partial charge in [-0.05, 0) is 28.8 Å². The van der Waals surface area contributed by atoms with Gasteiger partial charge in [0.05, 0.1) is 5.25 Å². The van der Waals surface area contributed by atoms with Gasteiger partial charge >= 0.3 is 5.97 Å². The Bertz CT molecular complexity index is 887. The van der Waals surface area contributed by atoms with Gasteiger partial charge in [-0.25, -0.2) is 0 Å². The second kappa shape index (κ2) is 9.97. The third-order valence-electron chi connectivity index (χ3n) is 4.27. The number of hydrogen-bond donors (Lipinski definition) is 2. The molecule has 0 aliphatic rings. The van der Waals surface area contributed by atoms with Crippen molar-refractivity contribution in [1.82, 2.24) is 0 Å². The van der Waals surface area contributed by atoms with E-state index in [0.717, 1.165) is 22.4 Å². The van der Waals surface area contributed by atoms with E-state index in [9.17, 15) is 4.79 Å². The molecule has 3 rings (SSSR count). The molecule has 0 heterocycles. The first-order valence-corrected chi connectivity index (χ1v) is 10.1. The second-order valence-electron chi connectivity index (χ2n) is 6.42. The molecule has 4 nitrogen and oxygen atoms in total. The van der Waals surface area contributed by atoms with E-state index in [1.54, 1.807) is 0 Å². The second-order valence-corrected chi connectivity index (χ2v) is 7.55. The predicted molar refractivity (Wildman–Crippen MR) is 114 cm³/mol. The summed E-state index contributed by atoms with van der Waals surface area (Å²) in [7, 11) is 0. The van der Waals surface area contributed by atoms with Crippen molar-refractivity contribution in [2.75, 3.05) is 5.75 Å². The van der Waals surface area contributed by atoms with E-state index >= 15 is 0 Å². The summed E-state index contributed by atoms with van der Waals surface area (Å²) in [4.78, 5) is 11.1. The smallest absolute Gasteiger partial charge is 0.321 e. The molecule has 28 heavy (non-hydrogen) atoms. The molecule has 0 fully saturated rings. The van der Waals surface area contributed by atoms with Crippen molar-refractivity contribution in [3.05, 3.63) is 102 Å². The number of nitrogens with two attached hydrogens (primary N) is 1. The lowest BCUT2D eigenvalue weighted by Crippen LogP contribution is -2.32. The first-order chi connectivity index (χ1) is 13.6. The third-order valence-corrected chi connectivity index (χ3v) is 5.70. The average molecular weight is 394 g/mol. The molecule has 2 atom stereocenters. The zero-order valence-corrected chi connectivity index (χ0v) is 16.2. The maximum atomic E-state index is 11.1. The Balaban J connectivity index is 1.78. The van der Waals surface area contributed by atoms with Gasteiger partial charge in [0.2, 0.25) is 0 Å². The average Bonchev–Trinajstić information content (AvgIpc) is 2.74. The molecule has 3 aromatic carbocycles. The SMILES string of the molecule is NC(CSC(c1ccccc1)c1cccc(OCc2ccccc2)c1)C(=O)O. The van der Waals surface area contributed by atoms with Crippen molar-refractivity contribution < 1.29 is 14.6 Å². The lowest BCUT2D eigenvalue weighted by molar-refractivity contribution is -0.137. The van der Waals surface area contributed by atoms with E-state index in [4.69, 9.17) is 15.6 Å². The molecule has 144 valence electrons. The zero-order valence-electron chi connectivity index (χ0n) is 15.4. The van der Waals surface area contributed by atoms with Crippen molar-refractivity contribution in [2.24, 2.45) is 5.73 Å². The number of thioether (sulfide) groups is 1. The molecule has 0 aliphatic carbocycles. The maximum Gasteiger partial charge on any atom is 0.321 e. The van der Waals surface area contributed by atoms with Crippen LogP contribution in [0.5, 0.6) is 5.75 Å². The lowest BCUT2D eigenvalue weighted by atomic mass is 10.0. The lowest BCUT2D eigenvalue weighted by Gasteiger charge is -2.20. The third kappa shape index (κ3) is 5.62. The summed E-state index contributed by atoms with van der Waals surface area (Å²) in [5, 5.41) is 9.08. The molecule has 0 aromatic heterocycles. The van der Waals surface area contributed by atoms with Crippen molar-refractivity contribution in [3.63, 3.8) is 0 Å². The molecule has 0 amide bonds. The van der Waals surface area contributed by atoms with Gasteiger partial charge in [0.15, 0.2) is 0 Å². The maximum absolute atomic E-state index is 11.1. The van der Waals surface area contributed by atoms with Crippen molar-refractivity contribution >= 4 is 17.7 Å². The van der Waals surface area contributed by atoms with Crippen LogP contribution in [0.3, 0.4) is 0 Å². The van der Waals surface area contributed by atoms with Crippen LogP contribution in [0.4, 0.5) is 0 Å². The Hall–Kier alpha value is -2.76. The molecule has 0 radical (unpaired) electrons. The Kier molecular flexibility index (Phi) is 7.12. The van der Waals surface area contributed by atoms with Crippen LogP contribution in [0.2, 0.25) is 0 Å². The molecule has 0 saturated heterocycles. The number of benzene rings is 3. The Morgan fingerprint density at radius 1 is 0.929 bits per heavy atom. The van der Waals surface area contributed by atoms with E-state index in [1.807, 2.05) is 84.9 Å². The van der Waals surface area contributed by atoms with E-state index in [2.05, 4.69) is 0 Å². The number of aliphatic carboxylic acids is 1. The minimum absolute atomic E-state index is 0.0214. The topological polar surface area (TPSA) is 72.5 Å². The molecular formula is C23H23NO3S. The first-order valence-electron chi connectivity index (χ1n) is 9.05. The molecule has 0 spiro atoms. The normalized spacial score (nSPS) is 12.9. The molecular weight excluding hydrogens is 370 g/mol. The number of rotatable bonds is 9. The van der Waals surface area contributed by atoms with E-state index in [1.165, 1.54) is 11.8 Å². The number of carboxylic acids is 1. The van der Waals surface area contributed by atoms with Gasteiger partial charge in [0.25, 0.3) is 0 Å². The molecule has 3 aromatic rings. The van der Waals surface area contributed by atoms with E-state index in [-0.39, 0.29) is 5.25 Å². The molecule has 5 heteroatoms. The molecule has 2 unspecified atom stereocenters. The van der Waals surface area contributed by atoms with Crippen LogP contribution in [-0.4, -0.2) is 22.9 Å². The van der Waals surface area contributed by atoms with E-state index in [0.29, 0.717) is 12.4 Å². The van der Waals surface area contributed by atoms with Crippen LogP contribution in [0, 0.1) is 0 Å². The first kappa shape index (κ1) is 20.0. The van der Waals surface area contributed by atoms with Crippen LogP contribution >= 0.6 is 11.8 Å². The van der Waals surface area contributed by atoms with Gasteiger partial charge in [0.1, 0.15) is 18.4 Å². The Morgan fingerprint density at radius 2 is 1.57 bits per heavy atom. The zero-order chi connectivity index (χ0) is 19.8. The predicted octanol–water partition coefficient (Wildman–Crippen LogP) is 4.50. The van der Waals surface area contributed by atoms with Gasteiger partial charge in [-0.1, -0.05) is 72.8 Å². The molecule has 3 N–H and O–H groups in total. The highest BCUT2D eigenvalue weighted by atomic mass is 32.2. The van der Waals surface area contributed by atoms with Crippen LogP contribution in [0.15, 0.2) is 84.9 Å². The van der Waals surface area contributed by atoms with Crippen molar-refractivity contribution in [2.45, 2.75) is 17.9 Å². The van der Waals surface area contributed by atoms with Crippen LogP contribution in [0.1, 0.15) is 21.9 Å². The van der Waals surface area contributed by atoms with Crippen LogP contribution in [-0.2, 0) is 11.4 Å².